The van der Waals surface area contributed by atoms with E-state index in [0.717, 1.165) is 30.6 Å². The number of hydrogen-bond acceptors (Lipinski definition) is 4. The van der Waals surface area contributed by atoms with E-state index in [1.165, 1.54) is 0 Å². The van der Waals surface area contributed by atoms with Crippen LogP contribution in [0.4, 0.5) is 0 Å². The van der Waals surface area contributed by atoms with Crippen molar-refractivity contribution in [2.45, 2.75) is 18.9 Å². The predicted octanol–water partition coefficient (Wildman–Crippen LogP) is 3.48. The maximum atomic E-state index is 12.6. The summed E-state index contributed by atoms with van der Waals surface area (Å²) in [6.07, 6.45) is 7.00. The van der Waals surface area contributed by atoms with Gasteiger partial charge < -0.3 is 14.4 Å². The zero-order valence-electron chi connectivity index (χ0n) is 14.5. The van der Waals surface area contributed by atoms with Gasteiger partial charge in [-0.1, -0.05) is 12.1 Å². The van der Waals surface area contributed by atoms with E-state index in [1.807, 2.05) is 41.3 Å². The summed E-state index contributed by atoms with van der Waals surface area (Å²) in [4.78, 5) is 18.7. The third-order valence-electron chi connectivity index (χ3n) is 4.41. The van der Waals surface area contributed by atoms with Crippen molar-refractivity contribution in [3.63, 3.8) is 0 Å². The molecule has 1 unspecified atom stereocenters. The number of ether oxygens (including phenoxy) is 2. The highest BCUT2D eigenvalue weighted by molar-refractivity contribution is 5.92. The molecule has 5 nitrogen and oxygen atoms in total. The summed E-state index contributed by atoms with van der Waals surface area (Å²) in [5, 5.41) is 0. The lowest BCUT2D eigenvalue weighted by Crippen LogP contribution is -2.28. The van der Waals surface area contributed by atoms with Gasteiger partial charge in [0.25, 0.3) is 0 Å². The molecule has 3 rings (SSSR count). The van der Waals surface area contributed by atoms with Crippen LogP contribution in [0.5, 0.6) is 11.5 Å². The Balaban J connectivity index is 1.78. The van der Waals surface area contributed by atoms with Crippen LogP contribution in [-0.4, -0.2) is 36.6 Å². The minimum absolute atomic E-state index is 0.00272. The molecule has 0 saturated carbocycles. The Morgan fingerprint density at radius 2 is 2.04 bits per heavy atom. The van der Waals surface area contributed by atoms with Crippen molar-refractivity contribution in [2.24, 2.45) is 0 Å². The molecule has 2 heterocycles. The Morgan fingerprint density at radius 1 is 1.20 bits per heavy atom. The van der Waals surface area contributed by atoms with Crippen molar-refractivity contribution in [1.29, 1.82) is 0 Å². The van der Waals surface area contributed by atoms with Gasteiger partial charge in [0.05, 0.1) is 26.0 Å². The third kappa shape index (κ3) is 3.82. The molecule has 1 aliphatic rings. The Kier molecular flexibility index (Phi) is 5.33. The predicted molar refractivity (Wildman–Crippen MR) is 96.5 cm³/mol. The van der Waals surface area contributed by atoms with Gasteiger partial charge in [0.2, 0.25) is 5.91 Å². The molecule has 1 aromatic carbocycles. The fourth-order valence-electron chi connectivity index (χ4n) is 3.16. The molecule has 0 N–H and O–H groups in total. The van der Waals surface area contributed by atoms with Crippen molar-refractivity contribution in [3.8, 4) is 11.5 Å². The van der Waals surface area contributed by atoms with Crippen molar-refractivity contribution in [2.75, 3.05) is 20.8 Å². The molecule has 130 valence electrons. The first kappa shape index (κ1) is 17.0. The quantitative estimate of drug-likeness (QED) is 0.783. The third-order valence-corrected chi connectivity index (χ3v) is 4.41. The minimum atomic E-state index is 0.00272. The smallest absolute Gasteiger partial charge is 0.247 e. The van der Waals surface area contributed by atoms with Crippen molar-refractivity contribution < 1.29 is 14.3 Å². The van der Waals surface area contributed by atoms with Gasteiger partial charge in [0, 0.05) is 18.8 Å². The lowest BCUT2D eigenvalue weighted by Gasteiger charge is -2.24. The maximum Gasteiger partial charge on any atom is 0.247 e. The van der Waals surface area contributed by atoms with Crippen LogP contribution >= 0.6 is 0 Å². The number of rotatable bonds is 5. The number of carbonyl (C=O) groups excluding carboxylic acids is 1. The van der Waals surface area contributed by atoms with Gasteiger partial charge in [-0.25, -0.2) is 0 Å². The maximum absolute atomic E-state index is 12.6. The van der Waals surface area contributed by atoms with Gasteiger partial charge in [-0.3, -0.25) is 9.78 Å². The molecule has 0 bridgehead atoms. The topological polar surface area (TPSA) is 51.7 Å². The normalized spacial score (nSPS) is 17.0. The molecular weight excluding hydrogens is 316 g/mol. The number of aromatic nitrogens is 1. The number of hydrogen-bond donors (Lipinski definition) is 0. The fraction of sp³-hybridized carbons (Fsp3) is 0.300. The van der Waals surface area contributed by atoms with Crippen LogP contribution in [0.25, 0.3) is 6.08 Å². The van der Waals surface area contributed by atoms with Gasteiger partial charge in [0.1, 0.15) is 0 Å². The highest BCUT2D eigenvalue weighted by atomic mass is 16.5. The van der Waals surface area contributed by atoms with Gasteiger partial charge in [-0.05, 0) is 48.7 Å². The Bertz CT molecular complexity index is 759. The first-order valence-electron chi connectivity index (χ1n) is 8.34. The number of methoxy groups -OCH3 is 2. The summed E-state index contributed by atoms with van der Waals surface area (Å²) in [5.41, 5.74) is 1.84. The van der Waals surface area contributed by atoms with Crippen LogP contribution < -0.4 is 9.47 Å². The highest BCUT2D eigenvalue weighted by Gasteiger charge is 2.29. The van der Waals surface area contributed by atoms with Gasteiger partial charge in [-0.2, -0.15) is 0 Å². The average molecular weight is 338 g/mol. The second-order valence-corrected chi connectivity index (χ2v) is 5.89. The van der Waals surface area contributed by atoms with Crippen LogP contribution in [0.2, 0.25) is 0 Å². The number of nitrogens with zero attached hydrogens (tertiary/aromatic N) is 2. The monoisotopic (exact) mass is 338 g/mol. The van der Waals surface area contributed by atoms with Crippen molar-refractivity contribution >= 4 is 12.0 Å². The molecule has 0 radical (unpaired) electrons. The largest absolute Gasteiger partial charge is 0.493 e. The molecule has 1 amide bonds. The molecule has 2 aromatic rings. The molecule has 0 spiro atoms. The Labute approximate surface area is 147 Å². The molecule has 0 aliphatic carbocycles. The SMILES string of the molecule is COc1ccc(C2CCCN2C(=O)/C=C/c2ccccn2)cc1OC. The first-order chi connectivity index (χ1) is 12.2. The summed E-state index contributed by atoms with van der Waals surface area (Å²) in [5.74, 6) is 1.38. The van der Waals surface area contributed by atoms with Crippen molar-refractivity contribution in [3.05, 3.63) is 59.9 Å². The minimum Gasteiger partial charge on any atom is -0.493 e. The van der Waals surface area contributed by atoms with E-state index in [4.69, 9.17) is 9.47 Å². The molecule has 1 aliphatic heterocycles. The van der Waals surface area contributed by atoms with Crippen LogP contribution in [0.1, 0.15) is 30.1 Å². The van der Waals surface area contributed by atoms with E-state index in [2.05, 4.69) is 4.98 Å². The van der Waals surface area contributed by atoms with E-state index < -0.39 is 0 Å². The lowest BCUT2D eigenvalue weighted by atomic mass is 10.0. The summed E-state index contributed by atoms with van der Waals surface area (Å²) in [7, 11) is 3.24. The summed E-state index contributed by atoms with van der Waals surface area (Å²) >= 11 is 0. The molecule has 1 aromatic heterocycles. The lowest BCUT2D eigenvalue weighted by molar-refractivity contribution is -0.126. The van der Waals surface area contributed by atoms with Gasteiger partial charge in [0.15, 0.2) is 11.5 Å². The Morgan fingerprint density at radius 3 is 2.76 bits per heavy atom. The first-order valence-corrected chi connectivity index (χ1v) is 8.34. The van der Waals surface area contributed by atoms with Gasteiger partial charge in [-0.15, -0.1) is 0 Å². The zero-order valence-corrected chi connectivity index (χ0v) is 14.5. The zero-order chi connectivity index (χ0) is 17.6. The second kappa shape index (κ2) is 7.83. The standard InChI is InChI=1S/C20H22N2O3/c1-24-18-10-8-15(14-19(18)25-2)17-7-5-13-22(17)20(23)11-9-16-6-3-4-12-21-16/h3-4,6,8-12,14,17H,5,7,13H2,1-2H3/b11-9+. The number of amides is 1. The summed E-state index contributed by atoms with van der Waals surface area (Å²) in [6, 6.07) is 11.5. The van der Waals surface area contributed by atoms with Gasteiger partial charge >= 0.3 is 0 Å². The molecular formula is C20H22N2O3. The van der Waals surface area contributed by atoms with Crippen LogP contribution in [0.15, 0.2) is 48.7 Å². The number of benzene rings is 1. The highest BCUT2D eigenvalue weighted by Crippen LogP contribution is 2.37. The number of carbonyl (C=O) groups is 1. The fourth-order valence-corrected chi connectivity index (χ4v) is 3.16. The Hall–Kier alpha value is -2.82. The summed E-state index contributed by atoms with van der Waals surface area (Å²) < 4.78 is 10.7. The van der Waals surface area contributed by atoms with Crippen molar-refractivity contribution in [1.82, 2.24) is 9.88 Å². The average Bonchev–Trinajstić information content (AvgIpc) is 3.16. The van der Waals surface area contributed by atoms with Crippen LogP contribution in [0.3, 0.4) is 0 Å². The van der Waals surface area contributed by atoms with E-state index in [-0.39, 0.29) is 11.9 Å². The van der Waals surface area contributed by atoms with Crippen LogP contribution in [0, 0.1) is 0 Å². The molecule has 1 fully saturated rings. The van der Waals surface area contributed by atoms with Crippen LogP contribution in [-0.2, 0) is 4.79 Å². The van der Waals surface area contributed by atoms with E-state index >= 15 is 0 Å². The molecule has 25 heavy (non-hydrogen) atoms. The number of likely N-dealkylation sites (tertiary alicyclic amines) is 1. The number of pyridine rings is 1. The van der Waals surface area contributed by atoms with E-state index in [9.17, 15) is 4.79 Å². The summed E-state index contributed by atoms with van der Waals surface area (Å²) in [6.45, 7) is 0.754. The van der Waals surface area contributed by atoms with E-state index in [1.54, 1.807) is 32.6 Å². The van der Waals surface area contributed by atoms with E-state index in [0.29, 0.717) is 11.5 Å². The molecule has 1 atom stereocenters. The molecule has 1 saturated heterocycles. The molecule has 5 heteroatoms. The second-order valence-electron chi connectivity index (χ2n) is 5.89.